The van der Waals surface area contributed by atoms with E-state index in [4.69, 9.17) is 20.6 Å². The highest BCUT2D eigenvalue weighted by Crippen LogP contribution is 2.32. The normalized spacial score (nSPS) is 24.7. The lowest BCUT2D eigenvalue weighted by Gasteiger charge is -2.39. The highest BCUT2D eigenvalue weighted by Gasteiger charge is 2.45. The van der Waals surface area contributed by atoms with E-state index in [0.717, 1.165) is 0 Å². The van der Waals surface area contributed by atoms with Crippen LogP contribution in [0.5, 0.6) is 5.75 Å². The Morgan fingerprint density at radius 2 is 1.91 bits per heavy atom. The van der Waals surface area contributed by atoms with E-state index in [0.29, 0.717) is 16.8 Å². The molecule has 1 saturated heterocycles. The number of hydrogen-bond donors (Lipinski definition) is 8. The molecule has 1 aliphatic rings. The van der Waals surface area contributed by atoms with E-state index in [9.17, 15) is 25.2 Å². The molecule has 11 nitrogen and oxygen atoms in total. The Kier molecular flexibility index (Phi) is 8.79. The Morgan fingerprint density at radius 1 is 1.17 bits per heavy atom. The molecular weight excluding hydrogens is 456 g/mol. The zero-order valence-electron chi connectivity index (χ0n) is 18.9. The molecule has 1 aliphatic heterocycles. The van der Waals surface area contributed by atoms with E-state index in [1.165, 1.54) is 6.08 Å². The van der Waals surface area contributed by atoms with Crippen molar-refractivity contribution in [2.24, 2.45) is 5.73 Å². The van der Waals surface area contributed by atoms with E-state index in [1.54, 1.807) is 48.5 Å². The first-order valence-corrected chi connectivity index (χ1v) is 10.9. The fourth-order valence-electron chi connectivity index (χ4n) is 3.62. The predicted octanol–water partition coefficient (Wildman–Crippen LogP) is -0.395. The summed E-state index contributed by atoms with van der Waals surface area (Å²) in [5.41, 5.74) is 6.94. The fourth-order valence-corrected chi connectivity index (χ4v) is 3.62. The summed E-state index contributed by atoms with van der Waals surface area (Å²) < 4.78 is 11.3. The number of ether oxygens (including phenoxy) is 2. The molecule has 0 aromatic heterocycles. The minimum atomic E-state index is -1.62. The maximum atomic E-state index is 13.1. The minimum Gasteiger partial charge on any atom is -0.462 e. The number of nitrogens with one attached hydrogen (secondary N) is 3. The molecule has 11 heteroatoms. The summed E-state index contributed by atoms with van der Waals surface area (Å²) >= 11 is 0. The van der Waals surface area contributed by atoms with Gasteiger partial charge in [0, 0.05) is 23.4 Å². The average Bonchev–Trinajstić information content (AvgIpc) is 2.86. The van der Waals surface area contributed by atoms with E-state index in [2.05, 4.69) is 17.2 Å². The van der Waals surface area contributed by atoms with Crippen LogP contribution in [0.1, 0.15) is 17.2 Å². The van der Waals surface area contributed by atoms with Crippen LogP contribution in [-0.2, 0) is 9.53 Å². The second-order valence-electron chi connectivity index (χ2n) is 7.96. The summed E-state index contributed by atoms with van der Waals surface area (Å²) in [6.45, 7) is 3.21. The van der Waals surface area contributed by atoms with Crippen molar-refractivity contribution in [2.75, 3.05) is 18.5 Å². The van der Waals surface area contributed by atoms with Crippen LogP contribution in [0.4, 0.5) is 5.69 Å². The van der Waals surface area contributed by atoms with Crippen molar-refractivity contribution < 1.29 is 34.7 Å². The van der Waals surface area contributed by atoms with Gasteiger partial charge in [0.1, 0.15) is 42.0 Å². The predicted molar refractivity (Wildman–Crippen MR) is 128 cm³/mol. The van der Waals surface area contributed by atoms with E-state index < -0.39 is 49.3 Å². The van der Waals surface area contributed by atoms with Gasteiger partial charge in [0.2, 0.25) is 12.2 Å². The number of hydrogen-bond acceptors (Lipinski definition) is 9. The molecule has 0 radical (unpaired) electrons. The summed E-state index contributed by atoms with van der Waals surface area (Å²) in [4.78, 5) is 13.1. The summed E-state index contributed by atoms with van der Waals surface area (Å²) in [7, 11) is 0. The number of nitrogens with two attached hydrogens (primary N) is 1. The van der Waals surface area contributed by atoms with Crippen molar-refractivity contribution in [2.45, 2.75) is 36.7 Å². The molecule has 1 amide bonds. The molecule has 0 bridgehead atoms. The molecule has 2 aromatic rings. The Hall–Kier alpha value is -3.48. The number of nitrogen functional groups attached to an aromatic ring is 1. The van der Waals surface area contributed by atoms with Gasteiger partial charge in [0.05, 0.1) is 6.61 Å². The first-order chi connectivity index (χ1) is 16.8. The summed E-state index contributed by atoms with van der Waals surface area (Å²) in [6, 6.07) is 12.2. The van der Waals surface area contributed by atoms with Gasteiger partial charge in [-0.15, -0.1) is 6.58 Å². The van der Waals surface area contributed by atoms with Crippen molar-refractivity contribution in [3.8, 4) is 5.75 Å². The topological polar surface area (TPSA) is 190 Å². The van der Waals surface area contributed by atoms with Gasteiger partial charge in [-0.25, -0.2) is 0 Å². The van der Waals surface area contributed by atoms with Gasteiger partial charge in [-0.2, -0.15) is 0 Å². The lowest BCUT2D eigenvalue weighted by atomic mass is 9.99. The van der Waals surface area contributed by atoms with Crippen molar-refractivity contribution in [1.82, 2.24) is 5.32 Å². The lowest BCUT2D eigenvalue weighted by Crippen LogP contribution is -2.60. The van der Waals surface area contributed by atoms with E-state index in [1.807, 2.05) is 0 Å². The number of benzene rings is 2. The van der Waals surface area contributed by atoms with Gasteiger partial charge < -0.3 is 46.3 Å². The highest BCUT2D eigenvalue weighted by atomic mass is 16.7. The lowest BCUT2D eigenvalue weighted by molar-refractivity contribution is -0.277. The summed E-state index contributed by atoms with van der Waals surface area (Å²) in [5, 5.41) is 53.4. The molecule has 6 unspecified atom stereocenters. The second kappa shape index (κ2) is 11.8. The van der Waals surface area contributed by atoms with E-state index >= 15 is 0 Å². The number of aliphatic hydroxyl groups excluding tert-OH is 4. The number of carbonyl (C=O) groups is 1. The molecule has 6 atom stereocenters. The van der Waals surface area contributed by atoms with Crippen LogP contribution < -0.4 is 21.1 Å². The van der Waals surface area contributed by atoms with Crippen molar-refractivity contribution >= 4 is 17.4 Å². The van der Waals surface area contributed by atoms with Crippen LogP contribution in [0, 0.1) is 5.41 Å². The smallest absolute Gasteiger partial charge is 0.247 e. The SMILES string of the molecule is C=CCNC(=O)C(Nc1cccc(C(=N)N)c1)c1ccccc1OC1OC(CO)C(O)C(O)C1O. The van der Waals surface area contributed by atoms with Gasteiger partial charge in [0.25, 0.3) is 0 Å². The van der Waals surface area contributed by atoms with Gasteiger partial charge in [-0.05, 0) is 18.2 Å². The van der Waals surface area contributed by atoms with Crippen molar-refractivity contribution in [3.63, 3.8) is 0 Å². The Labute approximate surface area is 202 Å². The van der Waals surface area contributed by atoms with Crippen LogP contribution in [0.2, 0.25) is 0 Å². The average molecular weight is 487 g/mol. The summed E-state index contributed by atoms with van der Waals surface area (Å²) in [5.74, 6) is -0.388. The molecule has 9 N–H and O–H groups in total. The van der Waals surface area contributed by atoms with Crippen LogP contribution in [0.15, 0.2) is 61.2 Å². The number of para-hydroxylation sites is 1. The third kappa shape index (κ3) is 6.15. The maximum Gasteiger partial charge on any atom is 0.247 e. The number of rotatable bonds is 10. The molecule has 1 heterocycles. The largest absolute Gasteiger partial charge is 0.462 e. The molecular formula is C24H30N4O7. The van der Waals surface area contributed by atoms with Gasteiger partial charge in [-0.3, -0.25) is 10.2 Å². The van der Waals surface area contributed by atoms with Crippen LogP contribution in [0.25, 0.3) is 0 Å². The zero-order chi connectivity index (χ0) is 25.5. The molecule has 35 heavy (non-hydrogen) atoms. The molecule has 0 aliphatic carbocycles. The molecule has 188 valence electrons. The standard InChI is InChI=1S/C24H30N4O7/c1-2-10-27-23(33)18(28-14-7-5-6-13(11-14)22(25)26)15-8-3-4-9-16(15)34-24-21(32)20(31)19(30)17(12-29)35-24/h2-9,11,17-21,24,28-32H,1,10,12H2,(H3,25,26)(H,27,33). The monoisotopic (exact) mass is 486 g/mol. The first-order valence-electron chi connectivity index (χ1n) is 10.9. The third-order valence-electron chi connectivity index (χ3n) is 5.49. The van der Waals surface area contributed by atoms with Gasteiger partial charge in [-0.1, -0.05) is 36.4 Å². The number of amidine groups is 1. The zero-order valence-corrected chi connectivity index (χ0v) is 18.9. The highest BCUT2D eigenvalue weighted by molar-refractivity contribution is 5.96. The van der Waals surface area contributed by atoms with Crippen LogP contribution in [0.3, 0.4) is 0 Å². The van der Waals surface area contributed by atoms with E-state index in [-0.39, 0.29) is 18.1 Å². The third-order valence-corrected chi connectivity index (χ3v) is 5.49. The van der Waals surface area contributed by atoms with Gasteiger partial charge in [0.15, 0.2) is 0 Å². The Bertz CT molecular complexity index is 1050. The number of anilines is 1. The molecule has 1 fully saturated rings. The quantitative estimate of drug-likeness (QED) is 0.125. The van der Waals surface area contributed by atoms with Crippen molar-refractivity contribution in [1.29, 1.82) is 5.41 Å². The number of amides is 1. The maximum absolute atomic E-state index is 13.1. The molecule has 3 rings (SSSR count). The number of aliphatic hydroxyl groups is 4. The van der Waals surface area contributed by atoms with Crippen LogP contribution in [-0.4, -0.2) is 76.0 Å². The van der Waals surface area contributed by atoms with Crippen molar-refractivity contribution in [3.05, 3.63) is 72.3 Å². The number of carbonyl (C=O) groups excluding carboxylic acids is 1. The molecule has 2 aromatic carbocycles. The fraction of sp³-hybridized carbons (Fsp3) is 0.333. The van der Waals surface area contributed by atoms with Gasteiger partial charge >= 0.3 is 0 Å². The summed E-state index contributed by atoms with van der Waals surface area (Å²) in [6.07, 6.45) is -5.81. The molecule has 0 spiro atoms. The van der Waals surface area contributed by atoms with Crippen LogP contribution >= 0.6 is 0 Å². The minimum absolute atomic E-state index is 0.132. The molecule has 0 saturated carbocycles. The Balaban J connectivity index is 1.94. The Morgan fingerprint density at radius 3 is 2.60 bits per heavy atom. The first kappa shape index (κ1) is 26.1. The second-order valence-corrected chi connectivity index (χ2v) is 7.96.